The maximum atomic E-state index is 5.77. The third-order valence-electron chi connectivity index (χ3n) is 2.55. The summed E-state index contributed by atoms with van der Waals surface area (Å²) in [7, 11) is 0. The second-order valence-electron chi connectivity index (χ2n) is 5.75. The highest BCUT2D eigenvalue weighted by molar-refractivity contribution is 5.20. The maximum Gasteiger partial charge on any atom is 0.223 e. The van der Waals surface area contributed by atoms with Gasteiger partial charge in [-0.25, -0.2) is 4.98 Å². The van der Waals surface area contributed by atoms with Crippen LogP contribution < -0.4 is 5.73 Å². The second-order valence-corrected chi connectivity index (χ2v) is 5.75. The summed E-state index contributed by atoms with van der Waals surface area (Å²) in [6, 6.07) is 0. The molecule has 18 heavy (non-hydrogen) atoms. The van der Waals surface area contributed by atoms with Crippen LogP contribution in [0, 0.1) is 5.92 Å². The Morgan fingerprint density at radius 1 is 1.17 bits per heavy atom. The van der Waals surface area contributed by atoms with Gasteiger partial charge in [0, 0.05) is 12.0 Å². The predicted molar refractivity (Wildman–Crippen MR) is 72.1 cm³/mol. The lowest BCUT2D eigenvalue weighted by atomic mass is 9.95. The summed E-state index contributed by atoms with van der Waals surface area (Å²) in [6.45, 7) is 12.9. The number of ether oxygens (including phenoxy) is 1. The van der Waals surface area contributed by atoms with Gasteiger partial charge >= 0.3 is 0 Å². The van der Waals surface area contributed by atoms with E-state index in [0.717, 1.165) is 0 Å². The molecule has 5 nitrogen and oxygen atoms in total. The lowest BCUT2D eigenvalue weighted by Crippen LogP contribution is -2.23. The van der Waals surface area contributed by atoms with Gasteiger partial charge in [0.2, 0.25) is 5.95 Å². The Hall–Kier alpha value is -1.23. The van der Waals surface area contributed by atoms with Crippen LogP contribution >= 0.6 is 0 Å². The van der Waals surface area contributed by atoms with E-state index in [1.165, 1.54) is 0 Å². The zero-order chi connectivity index (χ0) is 13.9. The zero-order valence-corrected chi connectivity index (χ0v) is 12.2. The SMILES string of the molecule is CCOC(c1nc(N)nc(C(C)(C)C)n1)C(C)C. The van der Waals surface area contributed by atoms with Crippen LogP contribution in [0.4, 0.5) is 5.95 Å². The summed E-state index contributed by atoms with van der Waals surface area (Å²) < 4.78 is 5.70. The summed E-state index contributed by atoms with van der Waals surface area (Å²) in [5.74, 6) is 1.88. The Balaban J connectivity index is 3.19. The fraction of sp³-hybridized carbons (Fsp3) is 0.769. The van der Waals surface area contributed by atoms with Crippen LogP contribution in [0.1, 0.15) is 59.3 Å². The molecule has 0 saturated heterocycles. The molecule has 0 amide bonds. The molecule has 0 aliphatic heterocycles. The molecule has 0 fully saturated rings. The van der Waals surface area contributed by atoms with Crippen LogP contribution in [0.5, 0.6) is 0 Å². The van der Waals surface area contributed by atoms with E-state index in [1.54, 1.807) is 0 Å². The lowest BCUT2D eigenvalue weighted by molar-refractivity contribution is 0.0228. The van der Waals surface area contributed by atoms with Gasteiger partial charge in [0.25, 0.3) is 0 Å². The van der Waals surface area contributed by atoms with Crippen molar-refractivity contribution in [1.82, 2.24) is 15.0 Å². The van der Waals surface area contributed by atoms with Gasteiger partial charge in [-0.05, 0) is 12.8 Å². The molecule has 1 rings (SSSR count). The molecule has 0 saturated carbocycles. The number of hydrogen-bond acceptors (Lipinski definition) is 5. The highest BCUT2D eigenvalue weighted by atomic mass is 16.5. The molecule has 102 valence electrons. The first-order valence-electron chi connectivity index (χ1n) is 6.39. The highest BCUT2D eigenvalue weighted by Crippen LogP contribution is 2.25. The zero-order valence-electron chi connectivity index (χ0n) is 12.2. The third kappa shape index (κ3) is 3.63. The summed E-state index contributed by atoms with van der Waals surface area (Å²) in [5, 5.41) is 0. The van der Waals surface area contributed by atoms with Gasteiger partial charge in [0.05, 0.1) is 0 Å². The summed E-state index contributed by atoms with van der Waals surface area (Å²) in [4.78, 5) is 12.9. The van der Waals surface area contributed by atoms with E-state index in [1.807, 2.05) is 6.92 Å². The molecule has 1 aromatic heterocycles. The van der Waals surface area contributed by atoms with E-state index in [4.69, 9.17) is 10.5 Å². The van der Waals surface area contributed by atoms with E-state index in [-0.39, 0.29) is 17.5 Å². The molecular formula is C13H24N4O. The Morgan fingerprint density at radius 2 is 1.78 bits per heavy atom. The molecule has 1 unspecified atom stereocenters. The molecule has 2 N–H and O–H groups in total. The smallest absolute Gasteiger partial charge is 0.223 e. The van der Waals surface area contributed by atoms with Crippen LogP contribution in [0.25, 0.3) is 0 Å². The van der Waals surface area contributed by atoms with Crippen molar-refractivity contribution in [3.05, 3.63) is 11.6 Å². The number of hydrogen-bond donors (Lipinski definition) is 1. The van der Waals surface area contributed by atoms with E-state index in [2.05, 4.69) is 49.6 Å². The molecule has 0 aromatic carbocycles. The van der Waals surface area contributed by atoms with Crippen molar-refractivity contribution in [3.63, 3.8) is 0 Å². The fourth-order valence-corrected chi connectivity index (χ4v) is 1.62. The van der Waals surface area contributed by atoms with E-state index in [9.17, 15) is 0 Å². The first-order valence-corrected chi connectivity index (χ1v) is 6.39. The van der Waals surface area contributed by atoms with Gasteiger partial charge < -0.3 is 10.5 Å². The van der Waals surface area contributed by atoms with Crippen molar-refractivity contribution >= 4 is 5.95 Å². The van der Waals surface area contributed by atoms with E-state index < -0.39 is 0 Å². The Kier molecular flexibility index (Phi) is 4.62. The van der Waals surface area contributed by atoms with Gasteiger partial charge in [-0.1, -0.05) is 34.6 Å². The standard InChI is InChI=1S/C13H24N4O/c1-7-18-9(8(2)3)10-15-11(13(4,5)6)17-12(14)16-10/h8-9H,7H2,1-6H3,(H2,14,15,16,17). The third-order valence-corrected chi connectivity index (χ3v) is 2.55. The van der Waals surface area contributed by atoms with Crippen molar-refractivity contribution in [2.45, 2.75) is 53.1 Å². The molecule has 0 aliphatic rings. The van der Waals surface area contributed by atoms with Crippen LogP contribution in [-0.2, 0) is 10.2 Å². The molecule has 1 atom stereocenters. The number of anilines is 1. The van der Waals surface area contributed by atoms with Crippen molar-refractivity contribution < 1.29 is 4.74 Å². The summed E-state index contributed by atoms with van der Waals surface area (Å²) >= 11 is 0. The quantitative estimate of drug-likeness (QED) is 0.891. The number of aromatic nitrogens is 3. The minimum Gasteiger partial charge on any atom is -0.370 e. The predicted octanol–water partition coefficient (Wildman–Crippen LogP) is 2.48. The first kappa shape index (κ1) is 14.8. The van der Waals surface area contributed by atoms with Gasteiger partial charge in [-0.3, -0.25) is 0 Å². The van der Waals surface area contributed by atoms with E-state index >= 15 is 0 Å². The molecular weight excluding hydrogens is 228 g/mol. The molecule has 0 spiro atoms. The number of nitrogens with two attached hydrogens (primary N) is 1. The van der Waals surface area contributed by atoms with E-state index in [0.29, 0.717) is 24.2 Å². The van der Waals surface area contributed by atoms with Crippen LogP contribution in [-0.4, -0.2) is 21.6 Å². The van der Waals surface area contributed by atoms with Crippen molar-refractivity contribution in [2.75, 3.05) is 12.3 Å². The monoisotopic (exact) mass is 252 g/mol. The Labute approximate surface area is 109 Å². The van der Waals surface area contributed by atoms with Crippen molar-refractivity contribution in [1.29, 1.82) is 0 Å². The van der Waals surface area contributed by atoms with Crippen LogP contribution in [0.2, 0.25) is 0 Å². The average Bonchev–Trinajstić information content (AvgIpc) is 2.23. The number of rotatable bonds is 4. The van der Waals surface area contributed by atoms with Crippen molar-refractivity contribution in [3.8, 4) is 0 Å². The molecule has 5 heteroatoms. The second kappa shape index (κ2) is 5.61. The van der Waals surface area contributed by atoms with Crippen molar-refractivity contribution in [2.24, 2.45) is 5.92 Å². The first-order chi connectivity index (χ1) is 8.25. The Bertz CT molecular complexity index is 398. The van der Waals surface area contributed by atoms with Gasteiger partial charge in [-0.2, -0.15) is 9.97 Å². The maximum absolute atomic E-state index is 5.77. The summed E-state index contributed by atoms with van der Waals surface area (Å²) in [5.41, 5.74) is 5.62. The largest absolute Gasteiger partial charge is 0.370 e. The minimum atomic E-state index is -0.153. The van der Waals surface area contributed by atoms with Crippen LogP contribution in [0.15, 0.2) is 0 Å². The topological polar surface area (TPSA) is 73.9 Å². The molecule has 0 radical (unpaired) electrons. The lowest BCUT2D eigenvalue weighted by Gasteiger charge is -2.22. The van der Waals surface area contributed by atoms with Gasteiger partial charge in [-0.15, -0.1) is 0 Å². The summed E-state index contributed by atoms with van der Waals surface area (Å²) in [6.07, 6.45) is -0.138. The normalized spacial score (nSPS) is 13.9. The fourth-order valence-electron chi connectivity index (χ4n) is 1.62. The van der Waals surface area contributed by atoms with Gasteiger partial charge in [0.1, 0.15) is 11.9 Å². The molecule has 0 aliphatic carbocycles. The Morgan fingerprint density at radius 3 is 2.22 bits per heavy atom. The van der Waals surface area contributed by atoms with Gasteiger partial charge in [0.15, 0.2) is 5.82 Å². The highest BCUT2D eigenvalue weighted by Gasteiger charge is 2.24. The molecule has 1 heterocycles. The average molecular weight is 252 g/mol. The number of nitrogens with zero attached hydrogens (tertiary/aromatic N) is 3. The van der Waals surface area contributed by atoms with Crippen LogP contribution in [0.3, 0.4) is 0 Å². The number of nitrogen functional groups attached to an aromatic ring is 1. The minimum absolute atomic E-state index is 0.138. The molecule has 0 bridgehead atoms. The molecule has 1 aromatic rings.